The largest absolute Gasteiger partial charge is 0.493 e. The number of likely N-dealkylation sites (tertiary alicyclic amines) is 2. The molecular weight excluding hydrogens is 452 g/mol. The van der Waals surface area contributed by atoms with Crippen molar-refractivity contribution in [2.45, 2.75) is 51.0 Å². The van der Waals surface area contributed by atoms with Crippen LogP contribution >= 0.6 is 0 Å². The van der Waals surface area contributed by atoms with Gasteiger partial charge in [-0.25, -0.2) is 0 Å². The van der Waals surface area contributed by atoms with Gasteiger partial charge in [-0.2, -0.15) is 0 Å². The van der Waals surface area contributed by atoms with Crippen LogP contribution in [0.25, 0.3) is 6.08 Å². The smallest absolute Gasteiger partial charge is 0.246 e. The summed E-state index contributed by atoms with van der Waals surface area (Å²) < 4.78 is 10.8. The van der Waals surface area contributed by atoms with E-state index in [4.69, 9.17) is 9.47 Å². The maximum Gasteiger partial charge on any atom is 0.246 e. The molecule has 1 atom stereocenters. The number of hydrogen-bond donors (Lipinski definition) is 0. The standard InChI is InChI=1S/C30H38N2O4/c1-35-27-15-12-24(22-28(27)36-2)11-14-26-10-6-7-19-32(26)30(34)25-17-20-31(21-18-25)29(33)16-13-23-8-4-3-5-9-23/h3-5,8-9,12-13,15-16,22,25-26H,6-7,10-11,14,17-21H2,1-2H3/b16-13+. The van der Waals surface area contributed by atoms with Crippen LogP contribution in [0.5, 0.6) is 11.5 Å². The van der Waals surface area contributed by atoms with Crippen molar-refractivity contribution in [3.63, 3.8) is 0 Å². The number of nitrogens with zero attached hydrogens (tertiary/aromatic N) is 2. The number of piperidine rings is 2. The molecule has 2 amide bonds. The quantitative estimate of drug-likeness (QED) is 0.490. The van der Waals surface area contributed by atoms with E-state index in [1.54, 1.807) is 20.3 Å². The molecule has 192 valence electrons. The van der Waals surface area contributed by atoms with E-state index in [-0.39, 0.29) is 23.8 Å². The normalized spacial score (nSPS) is 18.9. The predicted octanol–water partition coefficient (Wildman–Crippen LogP) is 4.97. The lowest BCUT2D eigenvalue weighted by atomic mass is 9.90. The maximum absolute atomic E-state index is 13.5. The number of benzene rings is 2. The summed E-state index contributed by atoms with van der Waals surface area (Å²) in [5.41, 5.74) is 2.21. The van der Waals surface area contributed by atoms with Crippen LogP contribution in [0.2, 0.25) is 0 Å². The Morgan fingerprint density at radius 2 is 1.67 bits per heavy atom. The Bertz CT molecular complexity index is 1040. The van der Waals surface area contributed by atoms with Crippen molar-refractivity contribution in [2.75, 3.05) is 33.9 Å². The van der Waals surface area contributed by atoms with Gasteiger partial charge in [0.05, 0.1) is 14.2 Å². The average Bonchev–Trinajstić information content (AvgIpc) is 2.95. The molecule has 4 rings (SSSR count). The molecule has 2 aliphatic rings. The number of rotatable bonds is 8. The second-order valence-corrected chi connectivity index (χ2v) is 9.75. The fraction of sp³-hybridized carbons (Fsp3) is 0.467. The lowest BCUT2D eigenvalue weighted by Crippen LogP contribution is -2.49. The minimum Gasteiger partial charge on any atom is -0.493 e. The van der Waals surface area contributed by atoms with Crippen LogP contribution in [-0.4, -0.2) is 61.5 Å². The van der Waals surface area contributed by atoms with E-state index in [1.807, 2.05) is 53.4 Å². The van der Waals surface area contributed by atoms with Crippen molar-refractivity contribution in [2.24, 2.45) is 5.92 Å². The molecule has 6 heteroatoms. The van der Waals surface area contributed by atoms with Crippen LogP contribution in [0.15, 0.2) is 54.6 Å². The molecule has 6 nitrogen and oxygen atoms in total. The number of carbonyl (C=O) groups excluding carboxylic acids is 2. The fourth-order valence-corrected chi connectivity index (χ4v) is 5.38. The summed E-state index contributed by atoms with van der Waals surface area (Å²) in [6, 6.07) is 16.2. The molecule has 0 saturated carbocycles. The molecule has 1 unspecified atom stereocenters. The molecule has 0 N–H and O–H groups in total. The van der Waals surface area contributed by atoms with Crippen LogP contribution in [0.3, 0.4) is 0 Å². The zero-order chi connectivity index (χ0) is 25.3. The third kappa shape index (κ3) is 6.48. The first kappa shape index (κ1) is 25.8. The van der Waals surface area contributed by atoms with E-state index >= 15 is 0 Å². The molecule has 36 heavy (non-hydrogen) atoms. The molecular formula is C30H38N2O4. The van der Waals surface area contributed by atoms with Crippen molar-refractivity contribution in [3.8, 4) is 11.5 Å². The third-order valence-corrected chi connectivity index (χ3v) is 7.50. The highest BCUT2D eigenvalue weighted by molar-refractivity contribution is 5.92. The van der Waals surface area contributed by atoms with Crippen molar-refractivity contribution >= 4 is 17.9 Å². The van der Waals surface area contributed by atoms with Crippen molar-refractivity contribution < 1.29 is 19.1 Å². The summed E-state index contributed by atoms with van der Waals surface area (Å²) >= 11 is 0. The molecule has 2 fully saturated rings. The summed E-state index contributed by atoms with van der Waals surface area (Å²) in [6.45, 7) is 2.12. The maximum atomic E-state index is 13.5. The van der Waals surface area contributed by atoms with E-state index in [2.05, 4.69) is 11.0 Å². The van der Waals surface area contributed by atoms with Crippen molar-refractivity contribution in [3.05, 3.63) is 65.7 Å². The molecule has 0 aliphatic carbocycles. The summed E-state index contributed by atoms with van der Waals surface area (Å²) in [5, 5.41) is 0. The molecule has 2 aliphatic heterocycles. The van der Waals surface area contributed by atoms with Gasteiger partial charge in [0.2, 0.25) is 11.8 Å². The molecule has 2 heterocycles. The second-order valence-electron chi connectivity index (χ2n) is 9.75. The van der Waals surface area contributed by atoms with Gasteiger partial charge < -0.3 is 19.3 Å². The highest BCUT2D eigenvalue weighted by atomic mass is 16.5. The Hall–Kier alpha value is -3.28. The summed E-state index contributed by atoms with van der Waals surface area (Å²) in [7, 11) is 3.30. The van der Waals surface area contributed by atoms with Gasteiger partial charge in [0, 0.05) is 37.7 Å². The summed E-state index contributed by atoms with van der Waals surface area (Å²) in [6.07, 6.45) is 10.1. The van der Waals surface area contributed by atoms with Crippen LogP contribution in [0.4, 0.5) is 0 Å². The second kappa shape index (κ2) is 12.6. The number of hydrogen-bond acceptors (Lipinski definition) is 4. The lowest BCUT2D eigenvalue weighted by Gasteiger charge is -2.40. The monoisotopic (exact) mass is 490 g/mol. The first-order valence-corrected chi connectivity index (χ1v) is 13.1. The van der Waals surface area contributed by atoms with Crippen LogP contribution < -0.4 is 9.47 Å². The average molecular weight is 491 g/mol. The van der Waals surface area contributed by atoms with Gasteiger partial charge in [-0.05, 0) is 74.3 Å². The minimum atomic E-state index is 0.00818. The van der Waals surface area contributed by atoms with Crippen LogP contribution in [0.1, 0.15) is 49.7 Å². The van der Waals surface area contributed by atoms with Crippen molar-refractivity contribution in [1.29, 1.82) is 0 Å². The Morgan fingerprint density at radius 1 is 0.917 bits per heavy atom. The SMILES string of the molecule is COc1ccc(CCC2CCCCN2C(=O)C2CCN(C(=O)/C=C/c3ccccc3)CC2)cc1OC. The van der Waals surface area contributed by atoms with Gasteiger partial charge in [0.25, 0.3) is 0 Å². The van der Waals surface area contributed by atoms with E-state index in [0.29, 0.717) is 13.1 Å². The van der Waals surface area contributed by atoms with Gasteiger partial charge in [0.15, 0.2) is 11.5 Å². The minimum absolute atomic E-state index is 0.00818. The van der Waals surface area contributed by atoms with E-state index in [0.717, 1.165) is 62.1 Å². The fourth-order valence-electron chi connectivity index (χ4n) is 5.38. The van der Waals surface area contributed by atoms with Crippen LogP contribution in [0, 0.1) is 5.92 Å². The first-order chi connectivity index (χ1) is 17.6. The molecule has 0 radical (unpaired) electrons. The van der Waals surface area contributed by atoms with Gasteiger partial charge in [-0.1, -0.05) is 36.4 Å². The number of amides is 2. The van der Waals surface area contributed by atoms with E-state index < -0.39 is 0 Å². The van der Waals surface area contributed by atoms with E-state index in [1.165, 1.54) is 12.0 Å². The van der Waals surface area contributed by atoms with Crippen LogP contribution in [-0.2, 0) is 16.0 Å². The number of carbonyl (C=O) groups is 2. The Balaban J connectivity index is 1.30. The lowest BCUT2D eigenvalue weighted by molar-refractivity contribution is -0.142. The Kier molecular flexibility index (Phi) is 9.04. The highest BCUT2D eigenvalue weighted by Gasteiger charge is 2.34. The van der Waals surface area contributed by atoms with Gasteiger partial charge in [-0.3, -0.25) is 9.59 Å². The molecule has 0 spiro atoms. The first-order valence-electron chi connectivity index (χ1n) is 13.1. The molecule has 2 saturated heterocycles. The molecule has 0 aromatic heterocycles. The summed E-state index contributed by atoms with van der Waals surface area (Å²) in [4.78, 5) is 30.2. The molecule has 2 aromatic rings. The van der Waals surface area contributed by atoms with Crippen molar-refractivity contribution in [1.82, 2.24) is 9.80 Å². The number of aryl methyl sites for hydroxylation is 1. The number of ether oxygens (including phenoxy) is 2. The van der Waals surface area contributed by atoms with Gasteiger partial charge in [0.1, 0.15) is 0 Å². The third-order valence-electron chi connectivity index (χ3n) is 7.50. The van der Waals surface area contributed by atoms with E-state index in [9.17, 15) is 9.59 Å². The Labute approximate surface area is 214 Å². The summed E-state index contributed by atoms with van der Waals surface area (Å²) in [5.74, 6) is 1.78. The molecule has 2 aromatic carbocycles. The zero-order valence-electron chi connectivity index (χ0n) is 21.5. The Morgan fingerprint density at radius 3 is 2.39 bits per heavy atom. The predicted molar refractivity (Wildman–Crippen MR) is 142 cm³/mol. The van der Waals surface area contributed by atoms with Gasteiger partial charge in [-0.15, -0.1) is 0 Å². The number of methoxy groups -OCH3 is 2. The topological polar surface area (TPSA) is 59.1 Å². The molecule has 0 bridgehead atoms. The zero-order valence-corrected chi connectivity index (χ0v) is 21.5. The van der Waals surface area contributed by atoms with Gasteiger partial charge >= 0.3 is 0 Å². The highest BCUT2D eigenvalue weighted by Crippen LogP contribution is 2.30.